The number of ketones is 3. The molecule has 2 aliphatic carbocycles. The number of benzene rings is 2. The van der Waals surface area contributed by atoms with Crippen molar-refractivity contribution in [3.05, 3.63) is 51.6 Å². The summed E-state index contributed by atoms with van der Waals surface area (Å²) in [6, 6.07) is 3.54. The van der Waals surface area contributed by atoms with E-state index in [0.717, 1.165) is 12.1 Å². The molecule has 1 heterocycles. The summed E-state index contributed by atoms with van der Waals surface area (Å²) in [6.45, 7) is 2.74. The average Bonchev–Trinajstić information content (AvgIpc) is 2.88. The molecule has 39 heavy (non-hydrogen) atoms. The molecule has 2 aromatic carbocycles. The van der Waals surface area contributed by atoms with E-state index in [-0.39, 0.29) is 40.0 Å². The van der Waals surface area contributed by atoms with Gasteiger partial charge in [-0.15, -0.1) is 0 Å². The first-order valence-electron chi connectivity index (χ1n) is 12.2. The van der Waals surface area contributed by atoms with Crippen LogP contribution in [0.5, 0.6) is 17.2 Å². The van der Waals surface area contributed by atoms with Crippen LogP contribution in [0.15, 0.2) is 18.2 Å². The third kappa shape index (κ3) is 4.03. The van der Waals surface area contributed by atoms with Gasteiger partial charge in [-0.25, -0.2) is 0 Å². The van der Waals surface area contributed by atoms with E-state index in [9.17, 15) is 39.9 Å². The lowest BCUT2D eigenvalue weighted by Gasteiger charge is -2.43. The Morgan fingerprint density at radius 3 is 2.26 bits per heavy atom. The van der Waals surface area contributed by atoms with Crippen molar-refractivity contribution < 1.29 is 58.9 Å². The number of fused-ring (bicyclic) bond motifs is 3. The molecule has 3 aliphatic rings. The van der Waals surface area contributed by atoms with Crippen molar-refractivity contribution in [2.45, 2.75) is 62.7 Å². The number of methoxy groups -OCH3 is 2. The Morgan fingerprint density at radius 1 is 0.949 bits per heavy atom. The maximum absolute atomic E-state index is 13.5. The van der Waals surface area contributed by atoms with Gasteiger partial charge >= 0.3 is 0 Å². The molecule has 208 valence electrons. The fourth-order valence-corrected chi connectivity index (χ4v) is 5.50. The van der Waals surface area contributed by atoms with Crippen LogP contribution in [0.2, 0.25) is 0 Å². The molecule has 0 radical (unpaired) electrons. The molecule has 0 amide bonds. The molecule has 12 heteroatoms. The van der Waals surface area contributed by atoms with Crippen molar-refractivity contribution in [1.29, 1.82) is 0 Å². The molecule has 1 aliphatic heterocycles. The highest BCUT2D eigenvalue weighted by atomic mass is 16.7. The highest BCUT2D eigenvalue weighted by Gasteiger charge is 2.50. The smallest absolute Gasteiger partial charge is 0.201 e. The number of rotatable bonds is 4. The topological polar surface area (TPSA) is 189 Å². The van der Waals surface area contributed by atoms with Crippen LogP contribution in [0.4, 0.5) is 0 Å². The summed E-state index contributed by atoms with van der Waals surface area (Å²) in [5, 5.41) is 53.5. The first-order valence-corrected chi connectivity index (χ1v) is 12.2. The van der Waals surface area contributed by atoms with Gasteiger partial charge in [0.25, 0.3) is 0 Å². The van der Waals surface area contributed by atoms with Gasteiger partial charge in [-0.05, 0) is 26.0 Å². The van der Waals surface area contributed by atoms with Crippen molar-refractivity contribution in [2.24, 2.45) is 0 Å². The van der Waals surface area contributed by atoms with Crippen molar-refractivity contribution in [1.82, 2.24) is 0 Å². The van der Waals surface area contributed by atoms with E-state index in [0.29, 0.717) is 0 Å². The number of carbonyl (C=O) groups is 3. The molecule has 1 fully saturated rings. The summed E-state index contributed by atoms with van der Waals surface area (Å²) < 4.78 is 22.1. The number of Topliss-reactive ketones (excluding diaryl/α,β-unsaturated/α-hetero) is 1. The normalized spacial score (nSPS) is 31.9. The monoisotopic (exact) mass is 544 g/mol. The molecule has 0 saturated carbocycles. The zero-order valence-electron chi connectivity index (χ0n) is 21.5. The second-order valence-corrected chi connectivity index (χ2v) is 10.2. The van der Waals surface area contributed by atoms with Crippen LogP contribution in [0.25, 0.3) is 0 Å². The van der Waals surface area contributed by atoms with Crippen LogP contribution in [-0.4, -0.2) is 93.4 Å². The largest absolute Gasteiger partial charge is 0.507 e. The lowest BCUT2D eigenvalue weighted by Crippen LogP contribution is -2.58. The summed E-state index contributed by atoms with van der Waals surface area (Å²) in [6.07, 6.45) is -7.71. The number of ether oxygens (including phenoxy) is 4. The van der Waals surface area contributed by atoms with E-state index < -0.39 is 76.8 Å². The Kier molecular flexibility index (Phi) is 6.53. The SMILES string of the molecule is COc1cc(O)c2c(c1)C(=O)c1cc3c(c(O)c1C2=O)[C@@H](O[C@@H]1O[C@@H](C)[C@H](O)[C@@H](O)[C@H]1OC)C[C@](C)(O)C3=O. The van der Waals surface area contributed by atoms with Crippen molar-refractivity contribution in [3.8, 4) is 17.2 Å². The Morgan fingerprint density at radius 2 is 1.62 bits per heavy atom. The summed E-state index contributed by atoms with van der Waals surface area (Å²) in [5.74, 6) is -3.56. The van der Waals surface area contributed by atoms with E-state index in [4.69, 9.17) is 18.9 Å². The van der Waals surface area contributed by atoms with Crippen molar-refractivity contribution in [3.63, 3.8) is 0 Å². The minimum atomic E-state index is -2.00. The summed E-state index contributed by atoms with van der Waals surface area (Å²) >= 11 is 0. The van der Waals surface area contributed by atoms with Crippen LogP contribution in [0.3, 0.4) is 0 Å². The number of hydrogen-bond acceptors (Lipinski definition) is 12. The minimum Gasteiger partial charge on any atom is -0.507 e. The molecule has 5 N–H and O–H groups in total. The predicted molar refractivity (Wildman–Crippen MR) is 130 cm³/mol. The van der Waals surface area contributed by atoms with Crippen molar-refractivity contribution in [2.75, 3.05) is 14.2 Å². The number of aromatic hydroxyl groups is 2. The minimum absolute atomic E-state index is 0.118. The second kappa shape index (κ2) is 9.37. The number of aliphatic hydroxyl groups is 3. The standard InChI is InChI=1S/C27H28O12/c1-9-19(29)23(33)24(37-4)26(38-9)39-15-8-27(2,35)25(34)13-7-12-18(22(32)17(13)15)21(31)16-11(20(12)30)5-10(36-3)6-14(16)28/h5-7,9,15,19,23-24,26,28-29,32-33,35H,8H2,1-4H3/t9-,15-,19-,23+,24+,26-,27-/m0/s1. The molecule has 12 nitrogen and oxygen atoms in total. The number of carbonyl (C=O) groups excluding carboxylic acids is 3. The number of aliphatic hydroxyl groups excluding tert-OH is 2. The second-order valence-electron chi connectivity index (χ2n) is 10.2. The molecule has 0 aromatic heterocycles. The quantitative estimate of drug-likeness (QED) is 0.311. The average molecular weight is 545 g/mol. The molecular weight excluding hydrogens is 516 g/mol. The van der Waals surface area contributed by atoms with Gasteiger partial charge in [-0.3, -0.25) is 14.4 Å². The zero-order chi connectivity index (χ0) is 28.5. The predicted octanol–water partition coefficient (Wildman–Crippen LogP) is 0.758. The maximum Gasteiger partial charge on any atom is 0.201 e. The summed E-state index contributed by atoms with van der Waals surface area (Å²) in [4.78, 5) is 40.2. The highest BCUT2D eigenvalue weighted by molar-refractivity contribution is 6.31. The fourth-order valence-electron chi connectivity index (χ4n) is 5.50. The van der Waals surface area contributed by atoms with E-state index in [1.54, 1.807) is 0 Å². The molecule has 0 spiro atoms. The first kappa shape index (κ1) is 27.2. The van der Waals surface area contributed by atoms with Crippen LogP contribution in [-0.2, 0) is 14.2 Å². The summed E-state index contributed by atoms with van der Waals surface area (Å²) in [5.41, 5.74) is -3.66. The zero-order valence-corrected chi connectivity index (χ0v) is 21.5. The number of hydrogen-bond donors (Lipinski definition) is 5. The van der Waals surface area contributed by atoms with Gasteiger partial charge in [0.15, 0.2) is 17.9 Å². The Bertz CT molecular complexity index is 1400. The lowest BCUT2D eigenvalue weighted by atomic mass is 9.73. The van der Waals surface area contributed by atoms with E-state index in [1.807, 2.05) is 0 Å². The Hall–Kier alpha value is -3.39. The fraction of sp³-hybridized carbons (Fsp3) is 0.444. The van der Waals surface area contributed by atoms with E-state index in [2.05, 4.69) is 0 Å². The Labute approximate surface area is 222 Å². The van der Waals surface area contributed by atoms with Gasteiger partial charge in [0.05, 0.1) is 30.4 Å². The molecule has 1 saturated heterocycles. The van der Waals surface area contributed by atoms with Gasteiger partial charge < -0.3 is 44.5 Å². The van der Waals surface area contributed by atoms with E-state index >= 15 is 0 Å². The van der Waals surface area contributed by atoms with Crippen LogP contribution in [0.1, 0.15) is 74.1 Å². The third-order valence-electron chi connectivity index (χ3n) is 7.60. The van der Waals surface area contributed by atoms with Crippen LogP contribution in [0, 0.1) is 0 Å². The van der Waals surface area contributed by atoms with Crippen LogP contribution < -0.4 is 4.74 Å². The molecule has 7 atom stereocenters. The lowest BCUT2D eigenvalue weighted by molar-refractivity contribution is -0.312. The van der Waals surface area contributed by atoms with Gasteiger partial charge in [-0.2, -0.15) is 0 Å². The Balaban J connectivity index is 1.66. The molecule has 5 rings (SSSR count). The van der Waals surface area contributed by atoms with Gasteiger partial charge in [0.1, 0.15) is 41.2 Å². The van der Waals surface area contributed by atoms with Crippen LogP contribution >= 0.6 is 0 Å². The number of phenols is 2. The molecule has 2 aromatic rings. The van der Waals surface area contributed by atoms with Crippen molar-refractivity contribution >= 4 is 17.3 Å². The first-order chi connectivity index (χ1) is 18.3. The third-order valence-corrected chi connectivity index (χ3v) is 7.60. The van der Waals surface area contributed by atoms with E-state index in [1.165, 1.54) is 34.1 Å². The van der Waals surface area contributed by atoms with Gasteiger partial charge in [-0.1, -0.05) is 0 Å². The summed E-state index contributed by atoms with van der Waals surface area (Å²) in [7, 11) is 2.58. The highest BCUT2D eigenvalue weighted by Crippen LogP contribution is 2.48. The maximum atomic E-state index is 13.5. The molecule has 0 unspecified atom stereocenters. The molecule has 0 bridgehead atoms. The van der Waals surface area contributed by atoms with Gasteiger partial charge in [0.2, 0.25) is 5.78 Å². The molecular formula is C27H28O12. The number of phenolic OH excluding ortho intramolecular Hbond substituents is 2. The van der Waals surface area contributed by atoms with Gasteiger partial charge in [0, 0.05) is 41.9 Å².